The van der Waals surface area contributed by atoms with Crippen molar-refractivity contribution in [2.24, 2.45) is 4.99 Å². The van der Waals surface area contributed by atoms with Crippen LogP contribution in [0.15, 0.2) is 46.3 Å². The first kappa shape index (κ1) is 17.3. The van der Waals surface area contributed by atoms with E-state index < -0.39 is 10.0 Å². The van der Waals surface area contributed by atoms with Crippen LogP contribution in [0.1, 0.15) is 16.7 Å². The minimum atomic E-state index is -3.75. The molecule has 0 atom stereocenters. The zero-order valence-electron chi connectivity index (χ0n) is 14.5. The SMILES string of the molecule is COc1cc(C)c(C)cc1S(=O)(=O)Nc1ccc(C2=NCCN2)cc1. The summed E-state index contributed by atoms with van der Waals surface area (Å²) in [6, 6.07) is 10.5. The van der Waals surface area contributed by atoms with Gasteiger partial charge in [0.05, 0.1) is 13.7 Å². The predicted molar refractivity (Wildman–Crippen MR) is 99.1 cm³/mol. The number of methoxy groups -OCH3 is 1. The molecule has 0 amide bonds. The summed E-state index contributed by atoms with van der Waals surface area (Å²) in [6.45, 7) is 5.38. The smallest absolute Gasteiger partial charge is 0.265 e. The third-order valence-electron chi connectivity index (χ3n) is 4.15. The summed E-state index contributed by atoms with van der Waals surface area (Å²) in [7, 11) is -2.28. The van der Waals surface area contributed by atoms with Crippen LogP contribution in [0.3, 0.4) is 0 Å². The van der Waals surface area contributed by atoms with Crippen molar-refractivity contribution in [3.8, 4) is 5.75 Å². The number of aliphatic imine (C=N–C) groups is 1. The number of sulfonamides is 1. The monoisotopic (exact) mass is 359 g/mol. The van der Waals surface area contributed by atoms with Crippen molar-refractivity contribution in [3.63, 3.8) is 0 Å². The number of anilines is 1. The van der Waals surface area contributed by atoms with Crippen LogP contribution in [0.2, 0.25) is 0 Å². The average molecular weight is 359 g/mol. The Hall–Kier alpha value is -2.54. The van der Waals surface area contributed by atoms with Crippen molar-refractivity contribution in [1.82, 2.24) is 5.32 Å². The highest BCUT2D eigenvalue weighted by Gasteiger charge is 2.21. The molecule has 1 aliphatic rings. The first-order chi connectivity index (χ1) is 11.9. The molecular formula is C18H21N3O3S. The summed E-state index contributed by atoms with van der Waals surface area (Å²) in [6.07, 6.45) is 0. The number of amidine groups is 1. The molecule has 2 N–H and O–H groups in total. The molecule has 25 heavy (non-hydrogen) atoms. The van der Waals surface area contributed by atoms with Gasteiger partial charge in [-0.2, -0.15) is 0 Å². The Bertz CT molecular complexity index is 919. The lowest BCUT2D eigenvalue weighted by atomic mass is 10.1. The van der Waals surface area contributed by atoms with Crippen molar-refractivity contribution in [2.45, 2.75) is 18.7 Å². The van der Waals surface area contributed by atoms with Gasteiger partial charge in [0.25, 0.3) is 10.0 Å². The summed E-state index contributed by atoms with van der Waals surface area (Å²) in [5, 5.41) is 3.19. The first-order valence-corrected chi connectivity index (χ1v) is 9.46. The highest BCUT2D eigenvalue weighted by molar-refractivity contribution is 7.92. The van der Waals surface area contributed by atoms with Gasteiger partial charge in [-0.3, -0.25) is 9.71 Å². The molecule has 1 heterocycles. The van der Waals surface area contributed by atoms with Crippen molar-refractivity contribution in [3.05, 3.63) is 53.1 Å². The summed E-state index contributed by atoms with van der Waals surface area (Å²) < 4.78 is 33.4. The molecule has 0 aromatic heterocycles. The molecule has 0 radical (unpaired) electrons. The van der Waals surface area contributed by atoms with Crippen LogP contribution in [-0.4, -0.2) is 34.5 Å². The van der Waals surface area contributed by atoms with Crippen LogP contribution in [0.25, 0.3) is 0 Å². The molecule has 0 aliphatic carbocycles. The van der Waals surface area contributed by atoms with Crippen LogP contribution in [-0.2, 0) is 10.0 Å². The maximum absolute atomic E-state index is 12.8. The highest BCUT2D eigenvalue weighted by Crippen LogP contribution is 2.29. The van der Waals surface area contributed by atoms with Crippen LogP contribution in [0, 0.1) is 13.8 Å². The van der Waals surface area contributed by atoms with Gasteiger partial charge in [-0.1, -0.05) is 0 Å². The van der Waals surface area contributed by atoms with Crippen molar-refractivity contribution in [1.29, 1.82) is 0 Å². The van der Waals surface area contributed by atoms with E-state index in [1.54, 1.807) is 24.3 Å². The third kappa shape index (κ3) is 3.61. The molecule has 2 aromatic rings. The average Bonchev–Trinajstić information content (AvgIpc) is 3.11. The fraction of sp³-hybridized carbons (Fsp3) is 0.278. The molecule has 2 aromatic carbocycles. The Labute approximate surface area is 148 Å². The standard InChI is InChI=1S/C18H21N3O3S/c1-12-10-16(24-3)17(11-13(12)2)25(22,23)21-15-6-4-14(5-7-15)18-19-8-9-20-18/h4-7,10-11,21H,8-9H2,1-3H3,(H,19,20). The topological polar surface area (TPSA) is 79.8 Å². The predicted octanol–water partition coefficient (Wildman–Crippen LogP) is 2.46. The molecule has 3 rings (SSSR count). The second-order valence-electron chi connectivity index (χ2n) is 5.93. The van der Waals surface area contributed by atoms with Crippen LogP contribution >= 0.6 is 0 Å². The lowest BCUT2D eigenvalue weighted by Crippen LogP contribution is -2.19. The largest absolute Gasteiger partial charge is 0.495 e. The number of benzene rings is 2. The van der Waals surface area contributed by atoms with Crippen molar-refractivity contribution in [2.75, 3.05) is 24.9 Å². The van der Waals surface area contributed by atoms with Gasteiger partial charge in [-0.25, -0.2) is 8.42 Å². The minimum Gasteiger partial charge on any atom is -0.495 e. The van der Waals surface area contributed by atoms with Gasteiger partial charge >= 0.3 is 0 Å². The Balaban J connectivity index is 1.88. The summed E-state index contributed by atoms with van der Waals surface area (Å²) >= 11 is 0. The Kier molecular flexibility index (Phi) is 4.67. The van der Waals surface area contributed by atoms with Crippen molar-refractivity contribution < 1.29 is 13.2 Å². The van der Waals surface area contributed by atoms with Gasteiger partial charge < -0.3 is 10.1 Å². The van der Waals surface area contributed by atoms with Crippen LogP contribution in [0.5, 0.6) is 5.75 Å². The summed E-state index contributed by atoms with van der Waals surface area (Å²) in [4.78, 5) is 4.48. The van der Waals surface area contributed by atoms with Gasteiger partial charge in [0.2, 0.25) is 0 Å². The molecule has 0 spiro atoms. The molecule has 0 bridgehead atoms. The van der Waals surface area contributed by atoms with E-state index in [1.807, 2.05) is 26.0 Å². The van der Waals surface area contributed by atoms with E-state index in [0.29, 0.717) is 11.4 Å². The number of hydrogen-bond acceptors (Lipinski definition) is 5. The van der Waals surface area contributed by atoms with Crippen molar-refractivity contribution >= 4 is 21.5 Å². The fourth-order valence-corrected chi connectivity index (χ4v) is 3.93. The van der Waals surface area contributed by atoms with Gasteiger partial charge in [0.1, 0.15) is 16.5 Å². The summed E-state index contributed by atoms with van der Waals surface area (Å²) in [5.41, 5.74) is 3.29. The first-order valence-electron chi connectivity index (χ1n) is 7.97. The molecule has 1 aliphatic heterocycles. The summed E-state index contributed by atoms with van der Waals surface area (Å²) in [5.74, 6) is 1.17. The Morgan fingerprint density at radius 3 is 2.40 bits per heavy atom. The maximum atomic E-state index is 12.8. The molecular weight excluding hydrogens is 338 g/mol. The quantitative estimate of drug-likeness (QED) is 0.859. The number of nitrogens with zero attached hydrogens (tertiary/aromatic N) is 1. The van der Waals surface area contributed by atoms with E-state index in [-0.39, 0.29) is 4.90 Å². The normalized spacial score (nSPS) is 14.0. The second kappa shape index (κ2) is 6.76. The van der Waals surface area contributed by atoms with E-state index in [2.05, 4.69) is 15.0 Å². The Morgan fingerprint density at radius 2 is 1.80 bits per heavy atom. The van der Waals surface area contributed by atoms with E-state index >= 15 is 0 Å². The van der Waals surface area contributed by atoms with Gasteiger partial charge in [0.15, 0.2) is 0 Å². The second-order valence-corrected chi connectivity index (χ2v) is 7.58. The lowest BCUT2D eigenvalue weighted by Gasteiger charge is -2.14. The lowest BCUT2D eigenvalue weighted by molar-refractivity contribution is 0.402. The Morgan fingerprint density at radius 1 is 1.12 bits per heavy atom. The molecule has 0 fully saturated rings. The number of nitrogens with one attached hydrogen (secondary N) is 2. The van der Waals surface area contributed by atoms with E-state index in [4.69, 9.17) is 4.74 Å². The number of ether oxygens (including phenoxy) is 1. The fourth-order valence-electron chi connectivity index (χ4n) is 2.63. The molecule has 0 unspecified atom stereocenters. The number of rotatable bonds is 5. The van der Waals surface area contributed by atoms with Gasteiger partial charge in [0, 0.05) is 17.8 Å². The molecule has 7 heteroatoms. The van der Waals surface area contributed by atoms with Crippen LogP contribution < -0.4 is 14.8 Å². The number of aryl methyl sites for hydroxylation is 2. The van der Waals surface area contributed by atoms with Crippen LogP contribution in [0.4, 0.5) is 5.69 Å². The van der Waals surface area contributed by atoms with E-state index in [0.717, 1.165) is 35.6 Å². The van der Waals surface area contributed by atoms with E-state index in [1.165, 1.54) is 7.11 Å². The zero-order valence-corrected chi connectivity index (χ0v) is 15.3. The molecule has 6 nitrogen and oxygen atoms in total. The van der Waals surface area contributed by atoms with Gasteiger partial charge in [-0.15, -0.1) is 0 Å². The van der Waals surface area contributed by atoms with Gasteiger partial charge in [-0.05, 0) is 61.4 Å². The molecule has 0 saturated carbocycles. The highest BCUT2D eigenvalue weighted by atomic mass is 32.2. The van der Waals surface area contributed by atoms with E-state index in [9.17, 15) is 8.42 Å². The third-order valence-corrected chi connectivity index (χ3v) is 5.56. The number of hydrogen-bond donors (Lipinski definition) is 2. The zero-order chi connectivity index (χ0) is 18.0. The molecule has 132 valence electrons. The maximum Gasteiger partial charge on any atom is 0.265 e. The minimum absolute atomic E-state index is 0.129. The molecule has 0 saturated heterocycles.